The molecule has 1 saturated heterocycles. The Bertz CT molecular complexity index is 1020. The fraction of sp³-hybridized carbons (Fsp3) is 0.364. The maximum atomic E-state index is 12.9. The first-order valence-electron chi connectivity index (χ1n) is 9.95. The Balaban J connectivity index is 1.78. The Morgan fingerprint density at radius 2 is 1.73 bits per heavy atom. The van der Waals surface area contributed by atoms with Crippen molar-refractivity contribution in [3.63, 3.8) is 0 Å². The van der Waals surface area contributed by atoms with Crippen LogP contribution in [0.4, 0.5) is 5.69 Å². The smallest absolute Gasteiger partial charge is 0.243 e. The Kier molecular flexibility index (Phi) is 6.89. The summed E-state index contributed by atoms with van der Waals surface area (Å²) in [6.07, 6.45) is 2.37. The van der Waals surface area contributed by atoms with E-state index >= 15 is 0 Å². The summed E-state index contributed by atoms with van der Waals surface area (Å²) in [5.74, 6) is -2.95. The van der Waals surface area contributed by atoms with Gasteiger partial charge in [-0.1, -0.05) is 42.8 Å². The molecule has 0 bridgehead atoms. The molecule has 3 rings (SSSR count). The fourth-order valence-electron chi connectivity index (χ4n) is 3.56. The minimum atomic E-state index is -3.64. The van der Waals surface area contributed by atoms with Crippen molar-refractivity contribution in [2.24, 2.45) is 0 Å². The first kappa shape index (κ1) is 22.0. The van der Waals surface area contributed by atoms with Crippen LogP contribution in [0.3, 0.4) is 0 Å². The average molecular weight is 430 g/mol. The third-order valence-electron chi connectivity index (χ3n) is 5.31. The minimum absolute atomic E-state index is 0.116. The summed E-state index contributed by atoms with van der Waals surface area (Å²) < 4.78 is 27.3. The standard InChI is InChI=1S/C22H26N2O5S/c1-16-10-11-18(30(28,29)24-12-6-3-7-13-24)14-20(16)23-21(25)15-19(22(26)27)17-8-4-2-5-9-17/h2,4-5,8-11,14,19H,3,6-7,12-13,15H2,1H3,(H,23,25)(H,26,27)/p-1. The van der Waals surface area contributed by atoms with Gasteiger partial charge in [0.1, 0.15) is 0 Å². The number of benzene rings is 2. The second-order valence-corrected chi connectivity index (χ2v) is 9.41. The van der Waals surface area contributed by atoms with E-state index in [0.29, 0.717) is 29.9 Å². The number of amides is 1. The number of aliphatic carboxylic acids is 1. The number of carbonyl (C=O) groups is 2. The zero-order valence-corrected chi connectivity index (χ0v) is 17.7. The molecule has 30 heavy (non-hydrogen) atoms. The van der Waals surface area contributed by atoms with Crippen LogP contribution in [-0.4, -0.2) is 37.7 Å². The van der Waals surface area contributed by atoms with Gasteiger partial charge < -0.3 is 15.2 Å². The molecule has 1 atom stereocenters. The highest BCUT2D eigenvalue weighted by atomic mass is 32.2. The summed E-state index contributed by atoms with van der Waals surface area (Å²) in [5.41, 5.74) is 1.51. The van der Waals surface area contributed by atoms with Gasteiger partial charge in [0, 0.05) is 37.1 Å². The number of hydrogen-bond donors (Lipinski definition) is 1. The van der Waals surface area contributed by atoms with Crippen LogP contribution in [0.2, 0.25) is 0 Å². The van der Waals surface area contributed by atoms with Crippen molar-refractivity contribution < 1.29 is 23.1 Å². The van der Waals surface area contributed by atoms with Crippen LogP contribution >= 0.6 is 0 Å². The Morgan fingerprint density at radius 1 is 1.07 bits per heavy atom. The maximum absolute atomic E-state index is 12.9. The number of nitrogens with zero attached hydrogens (tertiary/aromatic N) is 1. The molecule has 1 aliphatic rings. The fourth-order valence-corrected chi connectivity index (χ4v) is 5.10. The molecule has 0 aliphatic carbocycles. The van der Waals surface area contributed by atoms with Gasteiger partial charge in [-0.25, -0.2) is 8.42 Å². The van der Waals surface area contributed by atoms with Crippen LogP contribution < -0.4 is 10.4 Å². The molecule has 1 heterocycles. The van der Waals surface area contributed by atoms with E-state index in [1.165, 1.54) is 16.4 Å². The number of aryl methyl sites for hydroxylation is 1. The van der Waals surface area contributed by atoms with Gasteiger partial charge in [0.15, 0.2) is 0 Å². The summed E-state index contributed by atoms with van der Waals surface area (Å²) in [7, 11) is -3.64. The molecule has 0 spiro atoms. The van der Waals surface area contributed by atoms with E-state index < -0.39 is 27.8 Å². The van der Waals surface area contributed by atoms with E-state index in [9.17, 15) is 23.1 Å². The number of sulfonamides is 1. The molecule has 1 N–H and O–H groups in total. The number of carbonyl (C=O) groups excluding carboxylic acids is 2. The highest BCUT2D eigenvalue weighted by Crippen LogP contribution is 2.26. The van der Waals surface area contributed by atoms with Crippen molar-refractivity contribution in [3.8, 4) is 0 Å². The van der Waals surface area contributed by atoms with E-state index in [0.717, 1.165) is 19.3 Å². The number of hydrogen-bond acceptors (Lipinski definition) is 5. The molecule has 0 aromatic heterocycles. The molecular weight excluding hydrogens is 404 g/mol. The molecule has 7 nitrogen and oxygen atoms in total. The molecule has 8 heteroatoms. The minimum Gasteiger partial charge on any atom is -0.549 e. The van der Waals surface area contributed by atoms with Crippen molar-refractivity contribution >= 4 is 27.6 Å². The van der Waals surface area contributed by atoms with E-state index in [4.69, 9.17) is 0 Å². The molecule has 1 fully saturated rings. The van der Waals surface area contributed by atoms with Gasteiger partial charge in [-0.05, 0) is 43.0 Å². The predicted octanol–water partition coefficient (Wildman–Crippen LogP) is 2.03. The molecular formula is C22H25N2O5S-. The van der Waals surface area contributed by atoms with Gasteiger partial charge in [0.25, 0.3) is 0 Å². The second-order valence-electron chi connectivity index (χ2n) is 7.48. The van der Waals surface area contributed by atoms with Crippen LogP contribution in [0, 0.1) is 6.92 Å². The lowest BCUT2D eigenvalue weighted by molar-refractivity contribution is -0.308. The van der Waals surface area contributed by atoms with E-state index in [1.807, 2.05) is 0 Å². The zero-order chi connectivity index (χ0) is 21.7. The van der Waals surface area contributed by atoms with Crippen LogP contribution in [0.5, 0.6) is 0 Å². The number of anilines is 1. The lowest BCUT2D eigenvalue weighted by atomic mass is 9.95. The van der Waals surface area contributed by atoms with Crippen molar-refractivity contribution in [1.82, 2.24) is 4.31 Å². The molecule has 1 unspecified atom stereocenters. The SMILES string of the molecule is Cc1ccc(S(=O)(=O)N2CCCCC2)cc1NC(=O)CC(C(=O)[O-])c1ccccc1. The number of nitrogens with one attached hydrogen (secondary N) is 1. The summed E-state index contributed by atoms with van der Waals surface area (Å²) in [6.45, 7) is 2.73. The third kappa shape index (κ3) is 5.06. The third-order valence-corrected chi connectivity index (χ3v) is 7.21. The zero-order valence-electron chi connectivity index (χ0n) is 16.8. The summed E-state index contributed by atoms with van der Waals surface area (Å²) >= 11 is 0. The van der Waals surface area contributed by atoms with Gasteiger partial charge in [0.05, 0.1) is 4.90 Å². The monoisotopic (exact) mass is 429 g/mol. The Labute approximate surface area is 176 Å². The van der Waals surface area contributed by atoms with Crippen LogP contribution in [0.1, 0.15) is 42.7 Å². The van der Waals surface area contributed by atoms with Gasteiger partial charge in [-0.3, -0.25) is 4.79 Å². The second kappa shape index (κ2) is 9.40. The maximum Gasteiger partial charge on any atom is 0.243 e. The van der Waals surface area contributed by atoms with Gasteiger partial charge in [0.2, 0.25) is 15.9 Å². The van der Waals surface area contributed by atoms with Crippen molar-refractivity contribution in [2.75, 3.05) is 18.4 Å². The molecule has 1 aliphatic heterocycles. The van der Waals surface area contributed by atoms with E-state index in [1.54, 1.807) is 43.3 Å². The lowest BCUT2D eigenvalue weighted by Crippen LogP contribution is -2.35. The first-order valence-corrected chi connectivity index (χ1v) is 11.4. The van der Waals surface area contributed by atoms with E-state index in [-0.39, 0.29) is 11.3 Å². The van der Waals surface area contributed by atoms with Gasteiger partial charge in [-0.2, -0.15) is 4.31 Å². The van der Waals surface area contributed by atoms with Crippen LogP contribution in [0.25, 0.3) is 0 Å². The van der Waals surface area contributed by atoms with Gasteiger partial charge >= 0.3 is 0 Å². The Hall–Kier alpha value is -2.71. The molecule has 0 radical (unpaired) electrons. The number of rotatable bonds is 7. The van der Waals surface area contributed by atoms with Crippen LogP contribution in [-0.2, 0) is 19.6 Å². The normalized spacial score (nSPS) is 16.0. The molecule has 2 aromatic rings. The highest BCUT2D eigenvalue weighted by Gasteiger charge is 2.26. The van der Waals surface area contributed by atoms with Crippen molar-refractivity contribution in [1.29, 1.82) is 0 Å². The quantitative estimate of drug-likeness (QED) is 0.725. The number of carboxylic acid groups (broad SMARTS) is 1. The molecule has 160 valence electrons. The summed E-state index contributed by atoms with van der Waals surface area (Å²) in [5, 5.41) is 14.2. The average Bonchev–Trinajstić information content (AvgIpc) is 2.74. The predicted molar refractivity (Wildman–Crippen MR) is 111 cm³/mol. The Morgan fingerprint density at radius 3 is 2.37 bits per heavy atom. The first-order chi connectivity index (χ1) is 14.3. The number of piperidine rings is 1. The largest absolute Gasteiger partial charge is 0.549 e. The van der Waals surface area contributed by atoms with Crippen LogP contribution in [0.15, 0.2) is 53.4 Å². The summed E-state index contributed by atoms with van der Waals surface area (Å²) in [6, 6.07) is 13.0. The van der Waals surface area contributed by atoms with Gasteiger partial charge in [-0.15, -0.1) is 0 Å². The number of carboxylic acids is 1. The molecule has 0 saturated carbocycles. The lowest BCUT2D eigenvalue weighted by Gasteiger charge is -2.26. The topological polar surface area (TPSA) is 107 Å². The molecule has 1 amide bonds. The summed E-state index contributed by atoms with van der Waals surface area (Å²) in [4.78, 5) is 24.2. The molecule has 2 aromatic carbocycles. The van der Waals surface area contributed by atoms with Crippen molar-refractivity contribution in [2.45, 2.75) is 43.4 Å². The van der Waals surface area contributed by atoms with Crippen molar-refractivity contribution in [3.05, 3.63) is 59.7 Å². The van der Waals surface area contributed by atoms with E-state index in [2.05, 4.69) is 5.32 Å². The highest BCUT2D eigenvalue weighted by molar-refractivity contribution is 7.89.